The van der Waals surface area contributed by atoms with Gasteiger partial charge in [-0.05, 0) is 44.9 Å². The second-order valence-electron chi connectivity index (χ2n) is 8.79. The van der Waals surface area contributed by atoms with Crippen LogP contribution in [0.25, 0.3) is 0 Å². The molecular formula is C25H49NO3. The van der Waals surface area contributed by atoms with Crippen molar-refractivity contribution in [1.29, 1.82) is 0 Å². The first-order chi connectivity index (χ1) is 13.8. The Hall–Kier alpha value is -1.13. The summed E-state index contributed by atoms with van der Waals surface area (Å²) in [5.41, 5.74) is 0. The number of carboxylic acids is 1. The van der Waals surface area contributed by atoms with E-state index in [0.29, 0.717) is 6.42 Å². The third kappa shape index (κ3) is 34.7. The zero-order chi connectivity index (χ0) is 22.2. The number of hydrogen-bond acceptors (Lipinski definition) is 3. The molecule has 0 aliphatic carbocycles. The average molecular weight is 412 g/mol. The minimum absolute atomic E-state index is 0.169. The van der Waals surface area contributed by atoms with Gasteiger partial charge in [-0.25, -0.2) is 0 Å². The van der Waals surface area contributed by atoms with Crippen LogP contribution in [-0.4, -0.2) is 49.9 Å². The molecule has 0 radical (unpaired) electrons. The van der Waals surface area contributed by atoms with E-state index in [1.807, 2.05) is 0 Å². The summed E-state index contributed by atoms with van der Waals surface area (Å²) in [6.45, 7) is 3.38. The van der Waals surface area contributed by atoms with Gasteiger partial charge >= 0.3 is 0 Å². The molecule has 0 spiro atoms. The fourth-order valence-corrected chi connectivity index (χ4v) is 2.72. The van der Waals surface area contributed by atoms with Gasteiger partial charge in [0.1, 0.15) is 6.54 Å². The lowest BCUT2D eigenvalue weighted by Crippen LogP contribution is -2.36. The van der Waals surface area contributed by atoms with Crippen molar-refractivity contribution in [2.24, 2.45) is 0 Å². The molecule has 0 aromatic rings. The van der Waals surface area contributed by atoms with Crippen molar-refractivity contribution in [3.8, 4) is 0 Å². The number of hydrogen-bond donors (Lipinski definition) is 1. The summed E-state index contributed by atoms with van der Waals surface area (Å²) in [4.78, 5) is 10.2. The predicted molar refractivity (Wildman–Crippen MR) is 124 cm³/mol. The second kappa shape index (κ2) is 23.2. The van der Waals surface area contributed by atoms with Gasteiger partial charge in [0, 0.05) is 5.97 Å². The van der Waals surface area contributed by atoms with Gasteiger partial charge in [0.05, 0.1) is 27.7 Å². The number of carbonyl (C=O) groups excluding carboxylic acids is 1. The Labute approximate surface area is 181 Å². The molecule has 4 nitrogen and oxygen atoms in total. The third-order valence-corrected chi connectivity index (χ3v) is 4.58. The predicted octanol–water partition coefficient (Wildman–Crippen LogP) is 5.01. The van der Waals surface area contributed by atoms with Crippen LogP contribution in [0, 0.1) is 0 Å². The molecule has 0 aromatic heterocycles. The normalized spacial score (nSPS) is 11.8. The smallest absolute Gasteiger partial charge is 0.101 e. The summed E-state index contributed by atoms with van der Waals surface area (Å²) in [6, 6.07) is 0. The standard InChI is InChI=1S/C20H36O2.C5H14NO/c1-2-3-4-5-6-7-8-9-10-11-12-13-14-15-16-17-18-19-20(21)22;1-6(2,3)4-5-7/h11-12,15-16H,2-10,13-14,17-19H2,1H3,(H,21,22);7H,4-5H2,1-3H3/q;+1/p-1/b12-11-,16-15-;. The number of unbranched alkanes of at least 4 members (excludes halogenated alkanes) is 10. The quantitative estimate of drug-likeness (QED) is 0.196. The van der Waals surface area contributed by atoms with E-state index in [4.69, 9.17) is 5.11 Å². The number of aliphatic hydroxyl groups is 1. The van der Waals surface area contributed by atoms with Crippen LogP contribution >= 0.6 is 0 Å². The molecule has 0 aromatic carbocycles. The van der Waals surface area contributed by atoms with E-state index in [1.165, 1.54) is 57.8 Å². The fraction of sp³-hybridized carbons (Fsp3) is 0.800. The van der Waals surface area contributed by atoms with Crippen LogP contribution in [0.2, 0.25) is 0 Å². The lowest BCUT2D eigenvalue weighted by molar-refractivity contribution is -0.870. The zero-order valence-electron chi connectivity index (χ0n) is 19.8. The summed E-state index contributed by atoms with van der Waals surface area (Å²) in [6.07, 6.45) is 24.9. The van der Waals surface area contributed by atoms with E-state index in [0.717, 1.165) is 30.3 Å². The van der Waals surface area contributed by atoms with Crippen LogP contribution in [0.3, 0.4) is 0 Å². The van der Waals surface area contributed by atoms with Gasteiger partial charge in [-0.1, -0.05) is 76.2 Å². The van der Waals surface area contributed by atoms with Gasteiger partial charge in [0.15, 0.2) is 0 Å². The highest BCUT2D eigenvalue weighted by Gasteiger charge is 2.02. The van der Waals surface area contributed by atoms with Gasteiger partial charge in [-0.2, -0.15) is 0 Å². The Balaban J connectivity index is 0. The first-order valence-electron chi connectivity index (χ1n) is 11.7. The lowest BCUT2D eigenvalue weighted by Gasteiger charge is -2.21. The van der Waals surface area contributed by atoms with E-state index in [-0.39, 0.29) is 13.0 Å². The van der Waals surface area contributed by atoms with Gasteiger partial charge in [-0.15, -0.1) is 0 Å². The summed E-state index contributed by atoms with van der Waals surface area (Å²) >= 11 is 0. The van der Waals surface area contributed by atoms with E-state index in [1.54, 1.807) is 0 Å². The molecule has 172 valence electrons. The number of aliphatic carboxylic acids is 1. The third-order valence-electron chi connectivity index (χ3n) is 4.58. The molecule has 0 saturated carbocycles. The molecule has 0 aliphatic rings. The SMILES string of the molecule is CCCCCCCCCC/C=C\CC/C=C\CCCC(=O)[O-].C[N+](C)(C)CCO. The van der Waals surface area contributed by atoms with E-state index in [9.17, 15) is 9.90 Å². The number of nitrogens with zero attached hydrogens (tertiary/aromatic N) is 1. The van der Waals surface area contributed by atoms with E-state index >= 15 is 0 Å². The molecule has 1 N–H and O–H groups in total. The largest absolute Gasteiger partial charge is 0.550 e. The highest BCUT2D eigenvalue weighted by Crippen LogP contribution is 2.10. The number of aliphatic hydroxyl groups excluding tert-OH is 1. The van der Waals surface area contributed by atoms with Crippen LogP contribution in [0.15, 0.2) is 24.3 Å². The Morgan fingerprint density at radius 3 is 1.62 bits per heavy atom. The Kier molecular flexibility index (Phi) is 24.0. The maximum atomic E-state index is 10.2. The molecule has 4 heteroatoms. The van der Waals surface area contributed by atoms with Crippen LogP contribution in [-0.2, 0) is 4.79 Å². The minimum Gasteiger partial charge on any atom is -0.550 e. The number of carboxylic acid groups (broad SMARTS) is 1. The molecule has 0 rings (SSSR count). The number of likely N-dealkylation sites (N-methyl/N-ethyl adjacent to an activating group) is 1. The fourth-order valence-electron chi connectivity index (χ4n) is 2.72. The molecular weight excluding hydrogens is 362 g/mol. The number of rotatable bonds is 18. The molecule has 0 saturated heterocycles. The Morgan fingerprint density at radius 2 is 1.21 bits per heavy atom. The van der Waals surface area contributed by atoms with Crippen LogP contribution < -0.4 is 5.11 Å². The number of carbonyl (C=O) groups is 1. The topological polar surface area (TPSA) is 60.4 Å². The maximum Gasteiger partial charge on any atom is 0.101 e. The van der Waals surface area contributed by atoms with Gasteiger partial charge in [-0.3, -0.25) is 0 Å². The van der Waals surface area contributed by atoms with Crippen molar-refractivity contribution in [3.05, 3.63) is 24.3 Å². The monoisotopic (exact) mass is 411 g/mol. The molecule has 0 fully saturated rings. The highest BCUT2D eigenvalue weighted by atomic mass is 16.4. The molecule has 0 atom stereocenters. The van der Waals surface area contributed by atoms with E-state index < -0.39 is 5.97 Å². The van der Waals surface area contributed by atoms with Crippen LogP contribution in [0.5, 0.6) is 0 Å². The highest BCUT2D eigenvalue weighted by molar-refractivity contribution is 5.64. The average Bonchev–Trinajstić information content (AvgIpc) is 2.63. The summed E-state index contributed by atoms with van der Waals surface area (Å²) in [5, 5.41) is 18.6. The van der Waals surface area contributed by atoms with Crippen molar-refractivity contribution in [2.75, 3.05) is 34.3 Å². The molecule has 0 amide bonds. The van der Waals surface area contributed by atoms with Gasteiger partial charge < -0.3 is 19.5 Å². The Morgan fingerprint density at radius 1 is 0.759 bits per heavy atom. The Bertz CT molecular complexity index is 397. The van der Waals surface area contributed by atoms with Crippen molar-refractivity contribution in [3.63, 3.8) is 0 Å². The van der Waals surface area contributed by atoms with Crippen LogP contribution in [0.4, 0.5) is 0 Å². The van der Waals surface area contributed by atoms with Crippen LogP contribution in [0.1, 0.15) is 96.8 Å². The maximum absolute atomic E-state index is 10.2. The number of quaternary nitrogens is 1. The van der Waals surface area contributed by atoms with Gasteiger partial charge in [0.2, 0.25) is 0 Å². The van der Waals surface area contributed by atoms with Crippen molar-refractivity contribution in [2.45, 2.75) is 96.8 Å². The van der Waals surface area contributed by atoms with Crippen molar-refractivity contribution in [1.82, 2.24) is 0 Å². The molecule has 0 aliphatic heterocycles. The lowest BCUT2D eigenvalue weighted by atomic mass is 10.1. The summed E-state index contributed by atoms with van der Waals surface area (Å²) in [5.74, 6) is -0.947. The summed E-state index contributed by atoms with van der Waals surface area (Å²) < 4.78 is 0.844. The van der Waals surface area contributed by atoms with Gasteiger partial charge in [0.25, 0.3) is 0 Å². The van der Waals surface area contributed by atoms with E-state index in [2.05, 4.69) is 52.4 Å². The molecule has 0 heterocycles. The van der Waals surface area contributed by atoms with Crippen molar-refractivity contribution >= 4 is 5.97 Å². The minimum atomic E-state index is -0.947. The molecule has 0 bridgehead atoms. The van der Waals surface area contributed by atoms with Crippen molar-refractivity contribution < 1.29 is 19.5 Å². The first kappa shape index (κ1) is 30.1. The molecule has 0 unspecified atom stereocenters. The molecule has 29 heavy (non-hydrogen) atoms. The second-order valence-corrected chi connectivity index (χ2v) is 8.79. The first-order valence-corrected chi connectivity index (χ1v) is 11.7. The number of allylic oxidation sites excluding steroid dienone is 4. The zero-order valence-corrected chi connectivity index (χ0v) is 19.8. The summed E-state index contributed by atoms with van der Waals surface area (Å²) in [7, 11) is 6.16.